The van der Waals surface area contributed by atoms with Crippen molar-refractivity contribution in [3.63, 3.8) is 0 Å². The van der Waals surface area contributed by atoms with Gasteiger partial charge in [0.15, 0.2) is 0 Å². The van der Waals surface area contributed by atoms with Crippen molar-refractivity contribution in [1.29, 1.82) is 0 Å². The van der Waals surface area contributed by atoms with Crippen molar-refractivity contribution in [1.82, 2.24) is 0 Å². The Labute approximate surface area is 158 Å². The molecule has 6 heteroatoms. The molecule has 0 bridgehead atoms. The first-order valence-electron chi connectivity index (χ1n) is 8.94. The summed E-state index contributed by atoms with van der Waals surface area (Å²) in [4.78, 5) is 16.9. The van der Waals surface area contributed by atoms with Crippen molar-refractivity contribution in [3.05, 3.63) is 29.8 Å². The van der Waals surface area contributed by atoms with Gasteiger partial charge in [0.25, 0.3) is 0 Å². The molecular formula is C19H26N2O2S2. The van der Waals surface area contributed by atoms with Gasteiger partial charge in [0.05, 0.1) is 16.8 Å². The average molecular weight is 379 g/mol. The van der Waals surface area contributed by atoms with E-state index in [-0.39, 0.29) is 11.4 Å². The van der Waals surface area contributed by atoms with Gasteiger partial charge in [-0.25, -0.2) is 4.99 Å². The largest absolute Gasteiger partial charge is 0.475 e. The summed E-state index contributed by atoms with van der Waals surface area (Å²) >= 11 is 0. The summed E-state index contributed by atoms with van der Waals surface area (Å²) in [5.41, 5.74) is 1.44. The zero-order chi connectivity index (χ0) is 17.7. The van der Waals surface area contributed by atoms with Gasteiger partial charge in [-0.3, -0.25) is 4.79 Å². The fraction of sp³-hybridized carbons (Fsp3) is 0.579. The zero-order valence-electron chi connectivity index (χ0n) is 14.9. The highest BCUT2D eigenvalue weighted by Gasteiger charge is 2.28. The number of aliphatic imine (C=N–C) groups is 1. The fourth-order valence-electron chi connectivity index (χ4n) is 2.94. The van der Waals surface area contributed by atoms with E-state index in [9.17, 15) is 4.79 Å². The number of carbonyl (C=O) groups is 1. The maximum absolute atomic E-state index is 12.3. The van der Waals surface area contributed by atoms with Crippen LogP contribution in [0.2, 0.25) is 0 Å². The lowest BCUT2D eigenvalue weighted by Gasteiger charge is -2.11. The van der Waals surface area contributed by atoms with Crippen LogP contribution in [0.3, 0.4) is 0 Å². The third kappa shape index (κ3) is 5.42. The van der Waals surface area contributed by atoms with E-state index in [1.165, 1.54) is 18.6 Å². The Morgan fingerprint density at radius 1 is 1.36 bits per heavy atom. The predicted octanol–water partition coefficient (Wildman–Crippen LogP) is 4.89. The minimum Gasteiger partial charge on any atom is -0.475 e. The standard InChI is InChI=1S/C19H26N2O2S2/c1-19(2)13-23-18(21-19)15-8-4-5-9-16(15)20-17(22)10-6-3-7-14-11-12-24-25-14/h4-5,8-9,14H,3,6-7,10-13H2,1-2H3,(H,20,22)/t14-/m1/s1. The average Bonchev–Trinajstić information content (AvgIpc) is 3.21. The van der Waals surface area contributed by atoms with E-state index in [1.807, 2.05) is 59.7 Å². The normalized spacial score (nSPS) is 21.7. The monoisotopic (exact) mass is 378 g/mol. The third-order valence-electron chi connectivity index (χ3n) is 4.31. The first-order valence-corrected chi connectivity index (χ1v) is 11.3. The second kappa shape index (κ2) is 8.49. The molecule has 0 saturated carbocycles. The molecule has 1 aromatic rings. The Hall–Kier alpha value is -1.14. The Morgan fingerprint density at radius 3 is 2.92 bits per heavy atom. The molecule has 0 spiro atoms. The Bertz CT molecular complexity index is 640. The van der Waals surface area contributed by atoms with Gasteiger partial charge in [0.2, 0.25) is 11.8 Å². The topological polar surface area (TPSA) is 50.7 Å². The fourth-order valence-corrected chi connectivity index (χ4v) is 5.96. The number of ether oxygens (including phenoxy) is 1. The lowest BCUT2D eigenvalue weighted by Crippen LogP contribution is -2.17. The smallest absolute Gasteiger partial charge is 0.224 e. The van der Waals surface area contributed by atoms with Crippen molar-refractivity contribution in [2.24, 2.45) is 4.99 Å². The van der Waals surface area contributed by atoms with Crippen LogP contribution < -0.4 is 5.32 Å². The summed E-state index contributed by atoms with van der Waals surface area (Å²) in [6, 6.07) is 7.73. The molecule has 1 amide bonds. The maximum Gasteiger partial charge on any atom is 0.224 e. The number of unbranched alkanes of at least 4 members (excludes halogenated alkanes) is 1. The molecule has 1 aromatic carbocycles. The molecule has 2 aliphatic heterocycles. The van der Waals surface area contributed by atoms with Gasteiger partial charge in [-0.2, -0.15) is 0 Å². The van der Waals surface area contributed by atoms with E-state index in [0.29, 0.717) is 18.9 Å². The number of nitrogens with zero attached hydrogens (tertiary/aromatic N) is 1. The van der Waals surface area contributed by atoms with Crippen LogP contribution in [0.15, 0.2) is 29.3 Å². The van der Waals surface area contributed by atoms with Gasteiger partial charge in [-0.1, -0.05) is 40.1 Å². The number of para-hydroxylation sites is 1. The van der Waals surface area contributed by atoms with E-state index >= 15 is 0 Å². The van der Waals surface area contributed by atoms with Gasteiger partial charge in [-0.15, -0.1) is 0 Å². The van der Waals surface area contributed by atoms with Crippen molar-refractivity contribution < 1.29 is 9.53 Å². The van der Waals surface area contributed by atoms with Crippen LogP contribution in [0.1, 0.15) is 51.5 Å². The predicted molar refractivity (Wildman–Crippen MR) is 109 cm³/mol. The molecule has 3 rings (SSSR count). The molecule has 0 unspecified atom stereocenters. The van der Waals surface area contributed by atoms with Gasteiger partial charge in [0, 0.05) is 17.4 Å². The zero-order valence-corrected chi connectivity index (χ0v) is 16.5. The van der Waals surface area contributed by atoms with E-state index in [4.69, 9.17) is 4.74 Å². The summed E-state index contributed by atoms with van der Waals surface area (Å²) < 4.78 is 5.73. The molecule has 1 saturated heterocycles. The number of hydrogen-bond donors (Lipinski definition) is 1. The Kier molecular flexibility index (Phi) is 6.34. The second-order valence-corrected chi connectivity index (χ2v) is 9.97. The number of benzene rings is 1. The molecule has 0 aromatic heterocycles. The SMILES string of the molecule is CC1(C)COC(c2ccccc2NC(=O)CCCC[C@@H]2CCSS2)=N1. The first kappa shape index (κ1) is 18.6. The number of nitrogens with one attached hydrogen (secondary N) is 1. The van der Waals surface area contributed by atoms with Crippen LogP contribution in [-0.4, -0.2) is 35.0 Å². The van der Waals surface area contributed by atoms with Gasteiger partial charge in [0.1, 0.15) is 6.61 Å². The number of anilines is 1. The van der Waals surface area contributed by atoms with Crippen molar-refractivity contribution >= 4 is 39.1 Å². The van der Waals surface area contributed by atoms with Crippen molar-refractivity contribution in [2.75, 3.05) is 17.7 Å². The summed E-state index contributed by atoms with van der Waals surface area (Å²) in [5, 5.41) is 3.82. The summed E-state index contributed by atoms with van der Waals surface area (Å²) in [7, 11) is 3.98. The van der Waals surface area contributed by atoms with E-state index < -0.39 is 0 Å². The Balaban J connectivity index is 1.51. The summed E-state index contributed by atoms with van der Waals surface area (Å²) in [5.74, 6) is 1.96. The summed E-state index contributed by atoms with van der Waals surface area (Å²) in [6.45, 7) is 4.66. The van der Waals surface area contributed by atoms with Crippen molar-refractivity contribution in [2.45, 2.75) is 56.7 Å². The van der Waals surface area contributed by atoms with Gasteiger partial charge >= 0.3 is 0 Å². The molecule has 4 nitrogen and oxygen atoms in total. The van der Waals surface area contributed by atoms with Crippen LogP contribution in [0.4, 0.5) is 5.69 Å². The summed E-state index contributed by atoms with van der Waals surface area (Å²) in [6.07, 6.45) is 5.17. The minimum absolute atomic E-state index is 0.0683. The third-order valence-corrected chi connectivity index (χ3v) is 7.31. The van der Waals surface area contributed by atoms with Crippen LogP contribution in [0.25, 0.3) is 0 Å². The molecule has 2 aliphatic rings. The van der Waals surface area contributed by atoms with Crippen LogP contribution in [0, 0.1) is 0 Å². The number of amides is 1. The highest BCUT2D eigenvalue weighted by molar-refractivity contribution is 8.77. The molecule has 0 radical (unpaired) electrons. The van der Waals surface area contributed by atoms with E-state index in [2.05, 4.69) is 10.3 Å². The second-order valence-electron chi connectivity index (χ2n) is 7.19. The molecule has 2 heterocycles. The molecule has 1 fully saturated rings. The molecule has 136 valence electrons. The number of hydrogen-bond acceptors (Lipinski definition) is 5. The lowest BCUT2D eigenvalue weighted by molar-refractivity contribution is -0.116. The molecule has 1 atom stereocenters. The highest BCUT2D eigenvalue weighted by atomic mass is 33.1. The van der Waals surface area contributed by atoms with Gasteiger partial charge < -0.3 is 10.1 Å². The lowest BCUT2D eigenvalue weighted by atomic mass is 10.1. The van der Waals surface area contributed by atoms with E-state index in [0.717, 1.165) is 29.3 Å². The molecule has 0 aliphatic carbocycles. The number of carbonyl (C=O) groups excluding carboxylic acids is 1. The van der Waals surface area contributed by atoms with Gasteiger partial charge in [-0.05, 0) is 45.2 Å². The molecular weight excluding hydrogens is 352 g/mol. The van der Waals surface area contributed by atoms with Crippen molar-refractivity contribution in [3.8, 4) is 0 Å². The minimum atomic E-state index is -0.205. The highest BCUT2D eigenvalue weighted by Crippen LogP contribution is 2.39. The van der Waals surface area contributed by atoms with Crippen LogP contribution in [0.5, 0.6) is 0 Å². The Morgan fingerprint density at radius 2 is 2.20 bits per heavy atom. The quantitative estimate of drug-likeness (QED) is 0.542. The first-order chi connectivity index (χ1) is 12.0. The molecule has 1 N–H and O–H groups in total. The van der Waals surface area contributed by atoms with E-state index in [1.54, 1.807) is 0 Å². The molecule has 25 heavy (non-hydrogen) atoms. The maximum atomic E-state index is 12.3. The van der Waals surface area contributed by atoms with Crippen LogP contribution >= 0.6 is 21.6 Å². The van der Waals surface area contributed by atoms with Crippen LogP contribution in [-0.2, 0) is 9.53 Å². The number of rotatable bonds is 7.